The van der Waals surface area contributed by atoms with E-state index in [0.29, 0.717) is 6.54 Å². The SMILES string of the molecule is Cc1cc(C2C(c3ccccn3)NC(=S)N2Cc2ccncc2)c(C)n1-c1ccccc1Br. The Hall–Kier alpha value is -3.03. The van der Waals surface area contributed by atoms with Gasteiger partial charge in [0, 0.05) is 41.0 Å². The van der Waals surface area contributed by atoms with Gasteiger partial charge in [-0.25, -0.2) is 0 Å². The van der Waals surface area contributed by atoms with E-state index in [1.54, 1.807) is 0 Å². The smallest absolute Gasteiger partial charge is 0.170 e. The fourth-order valence-corrected chi connectivity index (χ4v) is 5.46. The number of hydrogen-bond acceptors (Lipinski definition) is 3. The molecule has 0 amide bonds. The van der Waals surface area contributed by atoms with Crippen molar-refractivity contribution in [3.05, 3.63) is 112 Å². The summed E-state index contributed by atoms with van der Waals surface area (Å²) in [5.74, 6) is 0. The van der Waals surface area contributed by atoms with Crippen LogP contribution >= 0.6 is 28.1 Å². The van der Waals surface area contributed by atoms with Crippen LogP contribution in [-0.2, 0) is 6.54 Å². The second-order valence-corrected chi connectivity index (χ2v) is 9.46. The molecule has 1 saturated heterocycles. The average Bonchev–Trinajstić information content (AvgIpc) is 3.30. The maximum absolute atomic E-state index is 5.85. The summed E-state index contributed by atoms with van der Waals surface area (Å²) in [5, 5.41) is 4.29. The Bertz CT molecular complexity index is 1290. The monoisotopic (exact) mass is 517 g/mol. The van der Waals surface area contributed by atoms with Crippen LogP contribution in [0.25, 0.3) is 5.69 Å². The predicted molar refractivity (Wildman–Crippen MR) is 138 cm³/mol. The van der Waals surface area contributed by atoms with E-state index >= 15 is 0 Å². The van der Waals surface area contributed by atoms with Gasteiger partial charge in [0.2, 0.25) is 0 Å². The highest BCUT2D eigenvalue weighted by atomic mass is 79.9. The zero-order chi connectivity index (χ0) is 22.9. The molecule has 1 N–H and O–H groups in total. The molecule has 7 heteroatoms. The minimum absolute atomic E-state index is 0.00278. The Balaban J connectivity index is 1.63. The molecule has 2 atom stereocenters. The molecular weight excluding hydrogens is 494 g/mol. The molecule has 4 heterocycles. The molecular formula is C26H24BrN5S. The van der Waals surface area contributed by atoms with Crippen LogP contribution in [0.5, 0.6) is 0 Å². The summed E-state index contributed by atoms with van der Waals surface area (Å²) < 4.78 is 3.37. The van der Waals surface area contributed by atoms with Gasteiger partial charge in [0.15, 0.2) is 5.11 Å². The number of rotatable bonds is 5. The summed E-state index contributed by atoms with van der Waals surface area (Å²) in [7, 11) is 0. The lowest BCUT2D eigenvalue weighted by Gasteiger charge is -2.28. The second-order valence-electron chi connectivity index (χ2n) is 8.22. The summed E-state index contributed by atoms with van der Waals surface area (Å²) in [6, 6.07) is 20.7. The van der Waals surface area contributed by atoms with E-state index in [9.17, 15) is 0 Å². The van der Waals surface area contributed by atoms with Crippen molar-refractivity contribution in [1.29, 1.82) is 0 Å². The molecule has 0 bridgehead atoms. The van der Waals surface area contributed by atoms with Gasteiger partial charge in [-0.05, 0) is 95.6 Å². The standard InChI is InChI=1S/C26H24BrN5S/c1-17-15-20(18(2)32(17)23-9-4-3-7-21(23)27)25-24(22-8-5-6-12-29-22)30-26(33)31(25)16-19-10-13-28-14-11-19/h3-15,24-25H,16H2,1-2H3,(H,30,33). The first-order valence-electron chi connectivity index (χ1n) is 10.9. The highest BCUT2D eigenvalue weighted by Crippen LogP contribution is 2.42. The Morgan fingerprint density at radius 2 is 1.76 bits per heavy atom. The van der Waals surface area contributed by atoms with Crippen LogP contribution in [0.2, 0.25) is 0 Å². The Morgan fingerprint density at radius 3 is 2.48 bits per heavy atom. The van der Waals surface area contributed by atoms with Crippen LogP contribution in [0, 0.1) is 13.8 Å². The van der Waals surface area contributed by atoms with Crippen molar-refractivity contribution < 1.29 is 0 Å². The summed E-state index contributed by atoms with van der Waals surface area (Å²) in [5.41, 5.74) is 6.88. The van der Waals surface area contributed by atoms with Crippen molar-refractivity contribution in [1.82, 2.24) is 24.8 Å². The van der Waals surface area contributed by atoms with Crippen molar-refractivity contribution in [2.75, 3.05) is 0 Å². The van der Waals surface area contributed by atoms with Crippen LogP contribution in [0.1, 0.15) is 40.3 Å². The van der Waals surface area contributed by atoms with Crippen molar-refractivity contribution in [3.8, 4) is 5.69 Å². The van der Waals surface area contributed by atoms with Gasteiger partial charge in [0.1, 0.15) is 0 Å². The number of benzene rings is 1. The second kappa shape index (κ2) is 9.08. The zero-order valence-corrected chi connectivity index (χ0v) is 20.8. The normalized spacial score (nSPS) is 17.9. The third-order valence-corrected chi connectivity index (χ3v) is 7.21. The lowest BCUT2D eigenvalue weighted by molar-refractivity contribution is 0.310. The Labute approximate surface area is 207 Å². The molecule has 1 aromatic carbocycles. The first-order chi connectivity index (χ1) is 16.0. The molecule has 4 aromatic rings. The Kier molecular flexibility index (Phi) is 6.00. The summed E-state index contributed by atoms with van der Waals surface area (Å²) in [6.45, 7) is 5.03. The highest BCUT2D eigenvalue weighted by molar-refractivity contribution is 9.10. The van der Waals surface area contributed by atoms with Gasteiger partial charge in [-0.3, -0.25) is 9.97 Å². The quantitative estimate of drug-likeness (QED) is 0.338. The van der Waals surface area contributed by atoms with E-state index in [0.717, 1.165) is 21.0 Å². The third kappa shape index (κ3) is 4.07. The molecule has 5 nitrogen and oxygen atoms in total. The average molecular weight is 518 g/mol. The molecule has 0 aliphatic carbocycles. The van der Waals surface area contributed by atoms with E-state index < -0.39 is 0 Å². The zero-order valence-electron chi connectivity index (χ0n) is 18.4. The number of halogens is 1. The van der Waals surface area contributed by atoms with Crippen molar-refractivity contribution in [3.63, 3.8) is 0 Å². The van der Waals surface area contributed by atoms with E-state index in [-0.39, 0.29) is 12.1 Å². The molecule has 166 valence electrons. The first-order valence-corrected chi connectivity index (χ1v) is 12.1. The number of aryl methyl sites for hydroxylation is 1. The van der Waals surface area contributed by atoms with E-state index in [4.69, 9.17) is 12.2 Å². The lowest BCUT2D eigenvalue weighted by Crippen LogP contribution is -2.29. The van der Waals surface area contributed by atoms with Crippen molar-refractivity contribution >= 4 is 33.3 Å². The first kappa shape index (κ1) is 21.8. The van der Waals surface area contributed by atoms with Crippen LogP contribution in [0.3, 0.4) is 0 Å². The number of nitrogens with zero attached hydrogens (tertiary/aromatic N) is 4. The molecule has 1 fully saturated rings. The van der Waals surface area contributed by atoms with E-state index in [1.807, 2.05) is 48.9 Å². The summed E-state index contributed by atoms with van der Waals surface area (Å²) >= 11 is 9.58. The number of pyridine rings is 2. The van der Waals surface area contributed by atoms with Crippen LogP contribution < -0.4 is 5.32 Å². The molecule has 1 aliphatic heterocycles. The number of aromatic nitrogens is 3. The minimum Gasteiger partial charge on any atom is -0.352 e. The fraction of sp³-hybridized carbons (Fsp3) is 0.192. The molecule has 2 unspecified atom stereocenters. The molecule has 3 aromatic heterocycles. The lowest BCUT2D eigenvalue weighted by atomic mass is 9.96. The van der Waals surface area contributed by atoms with Gasteiger partial charge in [-0.2, -0.15) is 0 Å². The topological polar surface area (TPSA) is 46.0 Å². The maximum Gasteiger partial charge on any atom is 0.170 e. The van der Waals surface area contributed by atoms with Crippen molar-refractivity contribution in [2.24, 2.45) is 0 Å². The number of para-hydroxylation sites is 1. The van der Waals surface area contributed by atoms with Gasteiger partial charge >= 0.3 is 0 Å². The Morgan fingerprint density at radius 1 is 1.00 bits per heavy atom. The van der Waals surface area contributed by atoms with Gasteiger partial charge < -0.3 is 14.8 Å². The number of thiocarbonyl (C=S) groups is 1. The molecule has 0 saturated carbocycles. The molecule has 5 rings (SSSR count). The third-order valence-electron chi connectivity index (χ3n) is 6.18. The van der Waals surface area contributed by atoms with Gasteiger partial charge in [-0.15, -0.1) is 0 Å². The summed E-state index contributed by atoms with van der Waals surface area (Å²) in [4.78, 5) is 11.1. The minimum atomic E-state index is -0.0475. The summed E-state index contributed by atoms with van der Waals surface area (Å²) in [6.07, 6.45) is 5.49. The van der Waals surface area contributed by atoms with E-state index in [2.05, 4.69) is 84.9 Å². The number of nitrogens with one attached hydrogen (secondary N) is 1. The molecule has 1 aliphatic rings. The largest absolute Gasteiger partial charge is 0.352 e. The highest BCUT2D eigenvalue weighted by Gasteiger charge is 2.41. The van der Waals surface area contributed by atoms with Crippen LogP contribution in [0.4, 0.5) is 0 Å². The van der Waals surface area contributed by atoms with Crippen LogP contribution in [-0.4, -0.2) is 24.5 Å². The maximum atomic E-state index is 5.85. The van der Waals surface area contributed by atoms with Gasteiger partial charge in [-0.1, -0.05) is 18.2 Å². The predicted octanol–water partition coefficient (Wildman–Crippen LogP) is 5.82. The van der Waals surface area contributed by atoms with Crippen molar-refractivity contribution in [2.45, 2.75) is 32.5 Å². The molecule has 0 radical (unpaired) electrons. The van der Waals surface area contributed by atoms with Gasteiger partial charge in [0.25, 0.3) is 0 Å². The van der Waals surface area contributed by atoms with Crippen LogP contribution in [0.15, 0.2) is 83.7 Å². The fourth-order valence-electron chi connectivity index (χ4n) is 4.69. The molecule has 33 heavy (non-hydrogen) atoms. The van der Waals surface area contributed by atoms with Gasteiger partial charge in [0.05, 0.1) is 23.5 Å². The van der Waals surface area contributed by atoms with E-state index in [1.165, 1.54) is 22.5 Å². The number of hydrogen-bond donors (Lipinski definition) is 1. The molecule has 0 spiro atoms.